The van der Waals surface area contributed by atoms with Crippen LogP contribution in [0.3, 0.4) is 0 Å². The third kappa shape index (κ3) is 7.42. The Morgan fingerprint density at radius 1 is 0.892 bits per heavy atom. The molecule has 3 aromatic rings. The molecule has 5 nitrogen and oxygen atoms in total. The molecule has 0 radical (unpaired) electrons. The zero-order valence-electron chi connectivity index (χ0n) is 19.6. The molecule has 11 heteroatoms. The summed E-state index contributed by atoms with van der Waals surface area (Å²) in [4.78, 5) is 12.3. The van der Waals surface area contributed by atoms with Crippen molar-refractivity contribution in [3.8, 4) is 11.5 Å². The molecule has 0 saturated carbocycles. The van der Waals surface area contributed by atoms with Gasteiger partial charge in [-0.1, -0.05) is 30.3 Å². The normalized spacial score (nSPS) is 12.2. The number of hydrogen-bond acceptors (Lipinski definition) is 4. The van der Waals surface area contributed by atoms with Gasteiger partial charge in [0, 0.05) is 11.1 Å². The predicted octanol–water partition coefficient (Wildman–Crippen LogP) is 6.86. The highest BCUT2D eigenvalue weighted by atomic mass is 19.4. The van der Waals surface area contributed by atoms with Crippen LogP contribution in [-0.4, -0.2) is 13.0 Å². The van der Waals surface area contributed by atoms with Gasteiger partial charge in [0.2, 0.25) is 0 Å². The number of anilines is 1. The van der Waals surface area contributed by atoms with E-state index in [0.29, 0.717) is 22.9 Å². The summed E-state index contributed by atoms with van der Waals surface area (Å²) in [5.74, 6) is -0.171. The Bertz CT molecular complexity index is 1270. The number of benzene rings is 3. The van der Waals surface area contributed by atoms with Crippen LogP contribution in [0.4, 0.5) is 32.0 Å². The molecule has 0 fully saturated rings. The first kappa shape index (κ1) is 27.4. The zero-order valence-corrected chi connectivity index (χ0v) is 19.6. The lowest BCUT2D eigenvalue weighted by Crippen LogP contribution is -2.29. The van der Waals surface area contributed by atoms with Crippen LogP contribution in [-0.2, 0) is 23.8 Å². The van der Waals surface area contributed by atoms with Gasteiger partial charge in [-0.05, 0) is 55.0 Å². The van der Waals surface area contributed by atoms with Crippen LogP contribution in [0.5, 0.6) is 11.5 Å². The van der Waals surface area contributed by atoms with Crippen molar-refractivity contribution in [1.29, 1.82) is 0 Å². The summed E-state index contributed by atoms with van der Waals surface area (Å²) in [5, 5.41) is 0. The number of halogens is 6. The molecule has 3 aromatic carbocycles. The number of hydrogen-bond donors (Lipinski definition) is 2. The van der Waals surface area contributed by atoms with Crippen LogP contribution >= 0.6 is 0 Å². The Morgan fingerprint density at radius 3 is 2.22 bits per heavy atom. The van der Waals surface area contributed by atoms with Crippen LogP contribution in [0.25, 0.3) is 6.08 Å². The Labute approximate surface area is 208 Å². The van der Waals surface area contributed by atoms with Gasteiger partial charge < -0.3 is 9.47 Å². The topological polar surface area (TPSA) is 59.6 Å². The monoisotopic (exact) mass is 524 g/mol. The van der Waals surface area contributed by atoms with Crippen molar-refractivity contribution in [2.24, 2.45) is 0 Å². The lowest BCUT2D eigenvalue weighted by molar-refractivity contribution is -0.143. The first-order valence-electron chi connectivity index (χ1n) is 10.8. The lowest BCUT2D eigenvalue weighted by Gasteiger charge is -2.17. The van der Waals surface area contributed by atoms with Gasteiger partial charge in [-0.25, -0.2) is 0 Å². The van der Waals surface area contributed by atoms with Crippen molar-refractivity contribution in [2.75, 3.05) is 12.5 Å². The molecular weight excluding hydrogens is 502 g/mol. The number of para-hydroxylation sites is 1. The van der Waals surface area contributed by atoms with E-state index in [1.807, 2.05) is 6.07 Å². The fraction of sp³-hybridized carbons (Fsp3) is 0.192. The molecule has 0 aliphatic heterocycles. The van der Waals surface area contributed by atoms with Crippen LogP contribution < -0.4 is 20.3 Å². The Balaban J connectivity index is 1.74. The first-order valence-corrected chi connectivity index (χ1v) is 10.8. The average Bonchev–Trinajstić information content (AvgIpc) is 2.85. The van der Waals surface area contributed by atoms with E-state index < -0.39 is 41.6 Å². The molecule has 0 heterocycles. The second kappa shape index (κ2) is 11.3. The van der Waals surface area contributed by atoms with E-state index in [9.17, 15) is 31.1 Å². The minimum absolute atomic E-state index is 0.0598. The Morgan fingerprint density at radius 2 is 1.59 bits per heavy atom. The molecule has 196 valence electrons. The number of nitrogens with one attached hydrogen (secondary N) is 2. The van der Waals surface area contributed by atoms with E-state index >= 15 is 0 Å². The summed E-state index contributed by atoms with van der Waals surface area (Å²) < 4.78 is 89.5. The molecule has 0 unspecified atom stereocenters. The Hall–Kier alpha value is -4.15. The average molecular weight is 524 g/mol. The van der Waals surface area contributed by atoms with Crippen molar-refractivity contribution in [3.63, 3.8) is 0 Å². The van der Waals surface area contributed by atoms with E-state index in [-0.39, 0.29) is 17.6 Å². The quantitative estimate of drug-likeness (QED) is 0.192. The molecule has 0 bridgehead atoms. The third-order valence-electron chi connectivity index (χ3n) is 5.15. The highest BCUT2D eigenvalue weighted by molar-refractivity contribution is 5.97. The molecule has 0 aliphatic rings. The maximum Gasteiger partial charge on any atom is 0.416 e. The van der Waals surface area contributed by atoms with Gasteiger partial charge in [0.05, 0.1) is 23.9 Å². The van der Waals surface area contributed by atoms with Crippen LogP contribution in [0.1, 0.15) is 29.2 Å². The largest absolute Gasteiger partial charge is 0.493 e. The molecule has 2 N–H and O–H groups in total. The highest BCUT2D eigenvalue weighted by Crippen LogP contribution is 2.38. The summed E-state index contributed by atoms with van der Waals surface area (Å²) in [6, 6.07) is 14.8. The molecular formula is C26H22F6N2O3. The van der Waals surface area contributed by atoms with Gasteiger partial charge >= 0.3 is 12.4 Å². The molecule has 0 atom stereocenters. The number of hydrazine groups is 1. The van der Waals surface area contributed by atoms with Crippen LogP contribution in [0.15, 0.2) is 72.3 Å². The van der Waals surface area contributed by atoms with E-state index in [1.165, 1.54) is 19.2 Å². The van der Waals surface area contributed by atoms with E-state index in [0.717, 1.165) is 6.07 Å². The summed E-state index contributed by atoms with van der Waals surface area (Å²) >= 11 is 0. The van der Waals surface area contributed by atoms with Gasteiger partial charge in [0.25, 0.3) is 5.91 Å². The summed E-state index contributed by atoms with van der Waals surface area (Å²) in [7, 11) is 1.32. The van der Waals surface area contributed by atoms with Gasteiger partial charge in [0.1, 0.15) is 6.61 Å². The lowest BCUT2D eigenvalue weighted by atomic mass is 10.0. The molecule has 1 amide bonds. The van der Waals surface area contributed by atoms with Gasteiger partial charge in [-0.2, -0.15) is 26.3 Å². The summed E-state index contributed by atoms with van der Waals surface area (Å²) in [6.45, 7) is 0.938. The molecule has 0 aliphatic carbocycles. The number of methoxy groups -OCH3 is 1. The van der Waals surface area contributed by atoms with Gasteiger partial charge in [-0.15, -0.1) is 0 Å². The fourth-order valence-electron chi connectivity index (χ4n) is 3.26. The summed E-state index contributed by atoms with van der Waals surface area (Å²) in [5.41, 5.74) is 3.59. The zero-order chi connectivity index (χ0) is 27.2. The van der Waals surface area contributed by atoms with Crippen molar-refractivity contribution >= 4 is 17.7 Å². The van der Waals surface area contributed by atoms with Crippen LogP contribution in [0, 0.1) is 0 Å². The van der Waals surface area contributed by atoms with Gasteiger partial charge in [0.15, 0.2) is 11.5 Å². The predicted molar refractivity (Wildman–Crippen MR) is 126 cm³/mol. The second-order valence-corrected chi connectivity index (χ2v) is 7.84. The number of carbonyl (C=O) groups excluding carboxylic acids is 1. The molecule has 3 rings (SSSR count). The second-order valence-electron chi connectivity index (χ2n) is 7.84. The first-order chi connectivity index (χ1) is 17.4. The minimum atomic E-state index is -5.01. The number of amides is 1. The van der Waals surface area contributed by atoms with Crippen molar-refractivity contribution < 1.29 is 40.6 Å². The van der Waals surface area contributed by atoms with Crippen molar-refractivity contribution in [2.45, 2.75) is 25.9 Å². The van der Waals surface area contributed by atoms with E-state index in [1.54, 1.807) is 43.3 Å². The number of carbonyl (C=O) groups is 1. The third-order valence-corrected chi connectivity index (χ3v) is 5.15. The number of ether oxygens (including phenoxy) is 2. The molecule has 0 spiro atoms. The molecule has 0 saturated heterocycles. The SMILES string of the molecule is COc1cc(/C=C(\C)C(=O)NNc2ccccc2)ccc1OCc1ccc(C(F)(F)F)cc1C(F)(F)F. The molecule has 0 aromatic heterocycles. The van der Waals surface area contributed by atoms with Crippen molar-refractivity contribution in [1.82, 2.24) is 5.43 Å². The van der Waals surface area contributed by atoms with Crippen LogP contribution in [0.2, 0.25) is 0 Å². The van der Waals surface area contributed by atoms with Crippen molar-refractivity contribution in [3.05, 3.63) is 94.6 Å². The van der Waals surface area contributed by atoms with E-state index in [2.05, 4.69) is 10.9 Å². The number of alkyl halides is 6. The minimum Gasteiger partial charge on any atom is -0.493 e. The smallest absolute Gasteiger partial charge is 0.416 e. The number of rotatable bonds is 8. The fourth-order valence-corrected chi connectivity index (χ4v) is 3.26. The molecule has 37 heavy (non-hydrogen) atoms. The summed E-state index contributed by atoms with van der Waals surface area (Å²) in [6.07, 6.45) is -8.36. The maximum atomic E-state index is 13.4. The highest BCUT2D eigenvalue weighted by Gasteiger charge is 2.38. The standard InChI is InChI=1S/C26H22F6N2O3/c1-16(24(35)34-33-20-6-4-3-5-7-20)12-17-8-11-22(23(13-17)36-2)37-15-18-9-10-19(25(27,28)29)14-21(18)26(30,31)32/h3-14,33H,15H2,1-2H3,(H,34,35)/b16-12+. The van der Waals surface area contributed by atoms with Gasteiger partial charge in [-0.3, -0.25) is 15.6 Å². The van der Waals surface area contributed by atoms with E-state index in [4.69, 9.17) is 9.47 Å². The maximum absolute atomic E-state index is 13.4. The Kier molecular flexibility index (Phi) is 8.36.